The summed E-state index contributed by atoms with van der Waals surface area (Å²) in [5.41, 5.74) is 4.70. The molecule has 1 aliphatic rings. The number of aryl methyl sites for hydroxylation is 1. The van der Waals surface area contributed by atoms with Crippen molar-refractivity contribution in [2.75, 3.05) is 30.3 Å². The number of halogens is 3. The number of H-pyrrole nitrogens is 1. The van der Waals surface area contributed by atoms with Crippen molar-refractivity contribution in [2.45, 2.75) is 25.9 Å². The van der Waals surface area contributed by atoms with Crippen LogP contribution in [0.2, 0.25) is 0 Å². The van der Waals surface area contributed by atoms with Crippen molar-refractivity contribution in [2.24, 2.45) is 5.92 Å². The summed E-state index contributed by atoms with van der Waals surface area (Å²) in [5.74, 6) is -1.21. The quantitative estimate of drug-likeness (QED) is 0.345. The number of anilines is 3. The summed E-state index contributed by atoms with van der Waals surface area (Å²) in [4.78, 5) is 34.6. The summed E-state index contributed by atoms with van der Waals surface area (Å²) < 4.78 is 39.3. The van der Waals surface area contributed by atoms with E-state index in [1.165, 1.54) is 6.33 Å². The predicted octanol–water partition coefficient (Wildman–Crippen LogP) is 4.68. The lowest BCUT2D eigenvalue weighted by Gasteiger charge is -2.33. The largest absolute Gasteiger partial charge is 0.393 e. The fourth-order valence-corrected chi connectivity index (χ4v) is 4.49. The molecule has 1 atom stereocenters. The Labute approximate surface area is 210 Å². The topological polar surface area (TPSA) is 112 Å². The Morgan fingerprint density at radius 3 is 2.89 bits per heavy atom. The lowest BCUT2D eigenvalue weighted by atomic mass is 9.97. The van der Waals surface area contributed by atoms with Crippen molar-refractivity contribution in [1.29, 1.82) is 0 Å². The number of aromatic nitrogens is 5. The van der Waals surface area contributed by atoms with Gasteiger partial charge in [0, 0.05) is 29.7 Å². The second-order valence-electron chi connectivity index (χ2n) is 9.04. The third-order valence-electron chi connectivity index (χ3n) is 6.39. The van der Waals surface area contributed by atoms with E-state index in [1.54, 1.807) is 35.6 Å². The number of benzene rings is 1. The Morgan fingerprint density at radius 2 is 2.05 bits per heavy atom. The third kappa shape index (κ3) is 5.53. The van der Waals surface area contributed by atoms with Crippen molar-refractivity contribution in [3.05, 3.63) is 54.7 Å². The maximum absolute atomic E-state index is 13.1. The fourth-order valence-electron chi connectivity index (χ4n) is 4.49. The molecule has 4 aromatic rings. The zero-order chi connectivity index (χ0) is 26.0. The van der Waals surface area contributed by atoms with Gasteiger partial charge in [0.1, 0.15) is 23.4 Å². The summed E-state index contributed by atoms with van der Waals surface area (Å²) in [6.45, 7) is 2.13. The zero-order valence-electron chi connectivity index (χ0n) is 20.0. The average Bonchev–Trinajstić information content (AvgIpc) is 3.35. The van der Waals surface area contributed by atoms with Crippen LogP contribution in [-0.2, 0) is 4.79 Å². The number of nitrogens with zero attached hydrogens (tertiary/aromatic N) is 5. The second-order valence-corrected chi connectivity index (χ2v) is 9.04. The molecule has 1 amide bonds. The SMILES string of the molecule is Cc1ccc(NC(=O)CN2CCCC(C(F)(F)F)C2)cc1Nc1ncccc1-c1ncnc2[nH]cnc12. The number of hydrogen-bond donors (Lipinski definition) is 3. The second kappa shape index (κ2) is 10.1. The van der Waals surface area contributed by atoms with Crippen LogP contribution in [0.25, 0.3) is 22.4 Å². The van der Waals surface area contributed by atoms with Gasteiger partial charge >= 0.3 is 6.18 Å². The lowest BCUT2D eigenvalue weighted by Crippen LogP contribution is -2.44. The van der Waals surface area contributed by atoms with Crippen LogP contribution in [0, 0.1) is 12.8 Å². The van der Waals surface area contributed by atoms with Crippen molar-refractivity contribution >= 4 is 34.3 Å². The van der Waals surface area contributed by atoms with Gasteiger partial charge < -0.3 is 15.6 Å². The van der Waals surface area contributed by atoms with Gasteiger partial charge in [0.15, 0.2) is 5.65 Å². The predicted molar refractivity (Wildman–Crippen MR) is 133 cm³/mol. The van der Waals surface area contributed by atoms with Crippen molar-refractivity contribution in [1.82, 2.24) is 29.8 Å². The number of hydrogen-bond acceptors (Lipinski definition) is 7. The number of carbonyl (C=O) groups excluding carboxylic acids is 1. The Morgan fingerprint density at radius 1 is 1.19 bits per heavy atom. The highest BCUT2D eigenvalue weighted by molar-refractivity contribution is 5.94. The molecule has 0 aliphatic carbocycles. The average molecular weight is 511 g/mol. The lowest BCUT2D eigenvalue weighted by molar-refractivity contribution is -0.186. The maximum atomic E-state index is 13.1. The standard InChI is InChI=1S/C25H25F3N8O/c1-15-6-7-17(34-20(37)12-36-9-3-4-16(11-36)25(26,27)28)10-19(15)35-23-18(5-2-8-29-23)21-22-24(32-13-30-21)33-14-31-22/h2,5-8,10,13-14,16H,3-4,9,11-12H2,1H3,(H,29,35)(H,34,37)(H,30,31,32,33). The summed E-state index contributed by atoms with van der Waals surface area (Å²) in [6, 6.07) is 9.04. The van der Waals surface area contributed by atoms with E-state index in [4.69, 9.17) is 0 Å². The van der Waals surface area contributed by atoms with E-state index < -0.39 is 12.1 Å². The molecule has 0 bridgehead atoms. The number of rotatable bonds is 6. The van der Waals surface area contributed by atoms with Crippen LogP contribution in [0.4, 0.5) is 30.4 Å². The Hall–Kier alpha value is -4.06. The van der Waals surface area contributed by atoms with E-state index >= 15 is 0 Å². The van der Waals surface area contributed by atoms with Gasteiger partial charge in [0.25, 0.3) is 0 Å². The van der Waals surface area contributed by atoms with Gasteiger partial charge in [0.05, 0.1) is 18.8 Å². The van der Waals surface area contributed by atoms with Crippen molar-refractivity contribution < 1.29 is 18.0 Å². The van der Waals surface area contributed by atoms with Crippen LogP contribution < -0.4 is 10.6 Å². The highest BCUT2D eigenvalue weighted by Crippen LogP contribution is 2.34. The van der Waals surface area contributed by atoms with Crippen LogP contribution in [0.3, 0.4) is 0 Å². The van der Waals surface area contributed by atoms with Gasteiger partial charge in [-0.05, 0) is 56.1 Å². The monoisotopic (exact) mass is 510 g/mol. The normalized spacial score (nSPS) is 16.6. The smallest absolute Gasteiger partial charge is 0.339 e. The van der Waals surface area contributed by atoms with Gasteiger partial charge in [-0.2, -0.15) is 13.2 Å². The Bertz CT molecular complexity index is 1420. The van der Waals surface area contributed by atoms with Crippen molar-refractivity contribution in [3.63, 3.8) is 0 Å². The first-order valence-electron chi connectivity index (χ1n) is 11.8. The summed E-state index contributed by atoms with van der Waals surface area (Å²) in [6.07, 6.45) is 0.932. The number of likely N-dealkylation sites (tertiary alicyclic amines) is 1. The molecule has 1 fully saturated rings. The third-order valence-corrected chi connectivity index (χ3v) is 6.39. The molecular weight excluding hydrogens is 485 g/mol. The minimum Gasteiger partial charge on any atom is -0.339 e. The first-order chi connectivity index (χ1) is 17.8. The van der Waals surface area contributed by atoms with E-state index in [1.807, 2.05) is 19.1 Å². The number of piperidine rings is 1. The molecule has 192 valence electrons. The molecule has 3 N–H and O–H groups in total. The van der Waals surface area contributed by atoms with E-state index in [9.17, 15) is 18.0 Å². The van der Waals surface area contributed by atoms with Crippen LogP contribution in [0.5, 0.6) is 0 Å². The molecule has 0 saturated carbocycles. The zero-order valence-corrected chi connectivity index (χ0v) is 20.0. The fraction of sp³-hybridized carbons (Fsp3) is 0.320. The molecular formula is C25H25F3N8O. The van der Waals surface area contributed by atoms with Gasteiger partial charge in [0.2, 0.25) is 5.91 Å². The molecule has 5 rings (SSSR count). The first kappa shape index (κ1) is 24.6. The van der Waals surface area contributed by atoms with Crippen LogP contribution in [-0.4, -0.2) is 61.5 Å². The molecule has 1 saturated heterocycles. The van der Waals surface area contributed by atoms with Gasteiger partial charge in [-0.15, -0.1) is 0 Å². The Kier molecular flexibility index (Phi) is 6.74. The number of alkyl halides is 3. The molecule has 1 aliphatic heterocycles. The molecule has 4 heterocycles. The minimum atomic E-state index is -4.24. The molecule has 1 aromatic carbocycles. The summed E-state index contributed by atoms with van der Waals surface area (Å²) in [7, 11) is 0. The van der Waals surface area contributed by atoms with E-state index in [0.29, 0.717) is 47.0 Å². The van der Waals surface area contributed by atoms with Crippen LogP contribution in [0.15, 0.2) is 49.2 Å². The van der Waals surface area contributed by atoms with E-state index in [0.717, 1.165) is 11.1 Å². The number of carbonyl (C=O) groups is 1. The number of fused-ring (bicyclic) bond motifs is 1. The molecule has 9 nitrogen and oxygen atoms in total. The highest BCUT2D eigenvalue weighted by atomic mass is 19.4. The highest BCUT2D eigenvalue weighted by Gasteiger charge is 2.41. The summed E-state index contributed by atoms with van der Waals surface area (Å²) >= 11 is 0. The summed E-state index contributed by atoms with van der Waals surface area (Å²) in [5, 5.41) is 6.12. The van der Waals surface area contributed by atoms with E-state index in [2.05, 4.69) is 35.6 Å². The van der Waals surface area contributed by atoms with Gasteiger partial charge in [-0.3, -0.25) is 9.69 Å². The molecule has 0 radical (unpaired) electrons. The minimum absolute atomic E-state index is 0.0962. The molecule has 1 unspecified atom stereocenters. The maximum Gasteiger partial charge on any atom is 0.393 e. The first-order valence-corrected chi connectivity index (χ1v) is 11.8. The molecule has 0 spiro atoms. The Balaban J connectivity index is 1.32. The molecule has 12 heteroatoms. The van der Waals surface area contributed by atoms with Crippen LogP contribution in [0.1, 0.15) is 18.4 Å². The van der Waals surface area contributed by atoms with E-state index in [-0.39, 0.29) is 25.4 Å². The van der Waals surface area contributed by atoms with Crippen LogP contribution >= 0.6 is 0 Å². The number of amides is 1. The van der Waals surface area contributed by atoms with Crippen molar-refractivity contribution in [3.8, 4) is 11.3 Å². The van der Waals surface area contributed by atoms with Gasteiger partial charge in [-0.25, -0.2) is 19.9 Å². The number of aromatic amines is 1. The number of pyridine rings is 1. The molecule has 3 aromatic heterocycles. The van der Waals surface area contributed by atoms with Gasteiger partial charge in [-0.1, -0.05) is 6.07 Å². The number of nitrogens with one attached hydrogen (secondary N) is 3. The molecule has 37 heavy (non-hydrogen) atoms. The number of imidazole rings is 1.